The number of methoxy groups -OCH3 is 1. The Kier molecular flexibility index (Phi) is 5.21. The van der Waals surface area contributed by atoms with Crippen molar-refractivity contribution in [1.82, 2.24) is 4.98 Å². The van der Waals surface area contributed by atoms with Crippen LogP contribution in [-0.2, 0) is 4.74 Å². The minimum Gasteiger partial charge on any atom is -0.545 e. The summed E-state index contributed by atoms with van der Waals surface area (Å²) in [6.07, 6.45) is 1.45. The van der Waals surface area contributed by atoms with Gasteiger partial charge in [0.25, 0.3) is 0 Å². The van der Waals surface area contributed by atoms with Gasteiger partial charge in [-0.3, -0.25) is 4.98 Å². The number of carboxylic acid groups (broad SMARTS) is 1. The monoisotopic (exact) mass is 365 g/mol. The highest BCUT2D eigenvalue weighted by Gasteiger charge is 2.17. The zero-order chi connectivity index (χ0) is 19.4. The van der Waals surface area contributed by atoms with Crippen LogP contribution in [0.25, 0.3) is 10.9 Å². The van der Waals surface area contributed by atoms with Crippen LogP contribution in [0.5, 0.6) is 5.75 Å². The van der Waals surface area contributed by atoms with Crippen LogP contribution >= 0.6 is 0 Å². The average molecular weight is 365 g/mol. The molecular weight excluding hydrogens is 348 g/mol. The average Bonchev–Trinajstić information content (AvgIpc) is 2.68. The predicted octanol–water partition coefficient (Wildman–Crippen LogP) is 2.53. The van der Waals surface area contributed by atoms with Crippen molar-refractivity contribution in [3.63, 3.8) is 0 Å². The van der Waals surface area contributed by atoms with Gasteiger partial charge in [0.15, 0.2) is 0 Å². The summed E-state index contributed by atoms with van der Waals surface area (Å²) < 4.78 is 10.4. The third-order valence-corrected chi connectivity index (χ3v) is 3.96. The number of hydrogen-bond donors (Lipinski definition) is 1. The van der Waals surface area contributed by atoms with E-state index in [-0.39, 0.29) is 17.7 Å². The molecule has 1 heterocycles. The second kappa shape index (κ2) is 7.74. The summed E-state index contributed by atoms with van der Waals surface area (Å²) in [6, 6.07) is 11.4. The van der Waals surface area contributed by atoms with Gasteiger partial charge in [0.2, 0.25) is 0 Å². The van der Waals surface area contributed by atoms with Crippen LogP contribution in [-0.4, -0.2) is 30.6 Å². The summed E-state index contributed by atoms with van der Waals surface area (Å²) in [5, 5.41) is 14.7. The molecule has 1 aromatic heterocycles. The molecule has 0 saturated heterocycles. The van der Waals surface area contributed by atoms with Crippen molar-refractivity contribution < 1.29 is 24.2 Å². The number of fused-ring (bicyclic) bond motifs is 1. The first-order valence-electron chi connectivity index (χ1n) is 8.25. The summed E-state index contributed by atoms with van der Waals surface area (Å²) in [5.41, 5.74) is 2.09. The Labute approximate surface area is 155 Å². The second-order valence-electron chi connectivity index (χ2n) is 5.64. The van der Waals surface area contributed by atoms with E-state index < -0.39 is 11.9 Å². The molecule has 2 aromatic carbocycles. The first kappa shape index (κ1) is 18.2. The number of nitrogens with one attached hydrogen (secondary N) is 1. The number of hydrogen-bond acceptors (Lipinski definition) is 7. The largest absolute Gasteiger partial charge is 0.545 e. The van der Waals surface area contributed by atoms with Crippen LogP contribution in [0.1, 0.15) is 27.6 Å². The molecule has 1 N–H and O–H groups in total. The lowest BCUT2D eigenvalue weighted by Crippen LogP contribution is -2.21. The van der Waals surface area contributed by atoms with Gasteiger partial charge in [0, 0.05) is 17.3 Å². The molecule has 0 atom stereocenters. The van der Waals surface area contributed by atoms with Gasteiger partial charge in [-0.05, 0) is 42.8 Å². The highest BCUT2D eigenvalue weighted by molar-refractivity contribution is 6.06. The number of pyridine rings is 1. The maximum Gasteiger partial charge on any atom is 0.341 e. The fraction of sp³-hybridized carbons (Fsp3) is 0.150. The van der Waals surface area contributed by atoms with Crippen molar-refractivity contribution in [2.45, 2.75) is 6.92 Å². The van der Waals surface area contributed by atoms with Gasteiger partial charge in [-0.15, -0.1) is 0 Å². The first-order chi connectivity index (χ1) is 13.0. The molecule has 7 nitrogen and oxygen atoms in total. The number of carboxylic acids is 1. The SMILES string of the molecule is CCOC(=O)c1cnc2ccc(OC)cc2c1Nc1ccc(C(=O)[O-])cc1. The Morgan fingerprint density at radius 2 is 1.89 bits per heavy atom. The van der Waals surface area contributed by atoms with Gasteiger partial charge >= 0.3 is 5.97 Å². The van der Waals surface area contributed by atoms with Crippen molar-refractivity contribution in [2.75, 3.05) is 19.0 Å². The Morgan fingerprint density at radius 3 is 2.52 bits per heavy atom. The van der Waals surface area contributed by atoms with Crippen molar-refractivity contribution >= 4 is 34.2 Å². The van der Waals surface area contributed by atoms with Crippen molar-refractivity contribution in [2.24, 2.45) is 0 Å². The van der Waals surface area contributed by atoms with Crippen LogP contribution in [0.15, 0.2) is 48.7 Å². The number of nitrogens with zero attached hydrogens (tertiary/aromatic N) is 1. The Morgan fingerprint density at radius 1 is 1.15 bits per heavy atom. The predicted molar refractivity (Wildman–Crippen MR) is 98.3 cm³/mol. The maximum atomic E-state index is 12.4. The van der Waals surface area contributed by atoms with E-state index in [2.05, 4.69) is 10.3 Å². The zero-order valence-electron chi connectivity index (χ0n) is 14.8. The molecule has 138 valence electrons. The molecule has 3 aromatic rings. The van der Waals surface area contributed by atoms with Gasteiger partial charge in [0.05, 0.1) is 30.9 Å². The Hall–Kier alpha value is -3.61. The molecule has 0 fully saturated rings. The minimum atomic E-state index is -1.26. The van der Waals surface area contributed by atoms with E-state index in [1.165, 1.54) is 18.3 Å². The molecule has 27 heavy (non-hydrogen) atoms. The van der Waals surface area contributed by atoms with Crippen LogP contribution in [0.3, 0.4) is 0 Å². The number of aromatic nitrogens is 1. The van der Waals surface area contributed by atoms with E-state index in [1.807, 2.05) is 0 Å². The fourth-order valence-electron chi connectivity index (χ4n) is 2.63. The lowest BCUT2D eigenvalue weighted by atomic mass is 10.1. The zero-order valence-corrected chi connectivity index (χ0v) is 14.8. The van der Waals surface area contributed by atoms with Gasteiger partial charge in [-0.2, -0.15) is 0 Å². The van der Waals surface area contributed by atoms with Crippen molar-refractivity contribution in [3.8, 4) is 5.75 Å². The van der Waals surface area contributed by atoms with E-state index in [4.69, 9.17) is 9.47 Å². The third-order valence-electron chi connectivity index (χ3n) is 3.96. The molecule has 0 unspecified atom stereocenters. The smallest absolute Gasteiger partial charge is 0.341 e. The van der Waals surface area contributed by atoms with Crippen LogP contribution in [0.2, 0.25) is 0 Å². The molecule has 0 spiro atoms. The normalized spacial score (nSPS) is 10.4. The molecule has 7 heteroatoms. The number of esters is 1. The first-order valence-corrected chi connectivity index (χ1v) is 8.25. The highest BCUT2D eigenvalue weighted by Crippen LogP contribution is 2.32. The van der Waals surface area contributed by atoms with Gasteiger partial charge < -0.3 is 24.7 Å². The van der Waals surface area contributed by atoms with Gasteiger partial charge in [-0.1, -0.05) is 12.1 Å². The summed E-state index contributed by atoms with van der Waals surface area (Å²) >= 11 is 0. The van der Waals surface area contributed by atoms with Gasteiger partial charge in [0.1, 0.15) is 11.3 Å². The molecule has 0 radical (unpaired) electrons. The molecule has 0 amide bonds. The van der Waals surface area contributed by atoms with Crippen LogP contribution in [0, 0.1) is 0 Å². The summed E-state index contributed by atoms with van der Waals surface area (Å²) in [4.78, 5) is 27.6. The third kappa shape index (κ3) is 3.82. The molecule has 0 bridgehead atoms. The quantitative estimate of drug-likeness (QED) is 0.670. The minimum absolute atomic E-state index is 0.0624. The van der Waals surface area contributed by atoms with E-state index in [1.54, 1.807) is 44.4 Å². The van der Waals surface area contributed by atoms with Crippen molar-refractivity contribution in [3.05, 3.63) is 59.8 Å². The van der Waals surface area contributed by atoms with Gasteiger partial charge in [-0.25, -0.2) is 4.79 Å². The van der Waals surface area contributed by atoms with Crippen LogP contribution < -0.4 is 15.2 Å². The lowest BCUT2D eigenvalue weighted by molar-refractivity contribution is -0.255. The number of ether oxygens (including phenoxy) is 2. The van der Waals surface area contributed by atoms with E-state index in [0.29, 0.717) is 28.0 Å². The summed E-state index contributed by atoms with van der Waals surface area (Å²) in [5.74, 6) is -1.16. The lowest BCUT2D eigenvalue weighted by Gasteiger charge is -2.15. The maximum absolute atomic E-state index is 12.4. The summed E-state index contributed by atoms with van der Waals surface area (Å²) in [7, 11) is 1.55. The Balaban J connectivity index is 2.12. The topological polar surface area (TPSA) is 101 Å². The van der Waals surface area contributed by atoms with Crippen LogP contribution in [0.4, 0.5) is 11.4 Å². The number of carbonyl (C=O) groups is 2. The standard InChI is InChI=1S/C20H18N2O5/c1-3-27-20(25)16-11-21-17-9-8-14(26-2)10-15(17)18(16)22-13-6-4-12(5-7-13)19(23)24/h4-11H,3H2,1-2H3,(H,21,22)(H,23,24)/p-1. The number of anilines is 2. The molecule has 0 aliphatic rings. The molecular formula is C20H17N2O5-. The molecule has 0 aliphatic carbocycles. The van der Waals surface area contributed by atoms with E-state index >= 15 is 0 Å². The molecule has 3 rings (SSSR count). The number of benzene rings is 2. The van der Waals surface area contributed by atoms with E-state index in [0.717, 1.165) is 0 Å². The second-order valence-corrected chi connectivity index (χ2v) is 5.64. The molecule has 0 aliphatic heterocycles. The summed E-state index contributed by atoms with van der Waals surface area (Å²) in [6.45, 7) is 1.95. The highest BCUT2D eigenvalue weighted by atomic mass is 16.5. The molecule has 0 saturated carbocycles. The Bertz CT molecular complexity index is 999. The number of rotatable bonds is 6. The number of aromatic carboxylic acids is 1. The van der Waals surface area contributed by atoms with E-state index in [9.17, 15) is 14.7 Å². The fourth-order valence-corrected chi connectivity index (χ4v) is 2.63. The number of carbonyl (C=O) groups excluding carboxylic acids is 2. The van der Waals surface area contributed by atoms with Crippen molar-refractivity contribution in [1.29, 1.82) is 0 Å².